The quantitative estimate of drug-likeness (QED) is 0.626. The van der Waals surface area contributed by atoms with Crippen molar-refractivity contribution in [3.05, 3.63) is 46.0 Å². The van der Waals surface area contributed by atoms with Crippen LogP contribution in [0, 0.1) is 0 Å². The molecule has 0 unspecified atom stereocenters. The third-order valence-electron chi connectivity index (χ3n) is 6.44. The maximum atomic E-state index is 13.7. The number of carboxylic acid groups (broad SMARTS) is 1. The van der Waals surface area contributed by atoms with Crippen molar-refractivity contribution >= 4 is 27.4 Å². The highest BCUT2D eigenvalue weighted by Gasteiger charge is 2.53. The largest absolute Gasteiger partial charge is 0.478 e. The molecule has 1 spiro atoms. The van der Waals surface area contributed by atoms with Gasteiger partial charge in [0.25, 0.3) is 0 Å². The van der Waals surface area contributed by atoms with Crippen molar-refractivity contribution in [2.75, 3.05) is 27.4 Å². The first kappa shape index (κ1) is 23.7. The summed E-state index contributed by atoms with van der Waals surface area (Å²) in [7, 11) is -0.815. The standard InChI is InChI=1S/C22H27ClO8S/c1-28-11-16-17(12-29-2)31-22(30-16)9-8-18(14(10-22)21(24)25)32(26,27)19-7-6-13-4-3-5-15(23)20(13)19/h3-5,10,16-19H,6-9,11-12H2,1-2H3,(H,24,25)/t16-,17-,18-,19+/m1/s1. The van der Waals surface area contributed by atoms with Crippen molar-refractivity contribution < 1.29 is 37.3 Å². The van der Waals surface area contributed by atoms with E-state index in [1.807, 2.05) is 6.07 Å². The predicted octanol–water partition coefficient (Wildman–Crippen LogP) is 2.69. The van der Waals surface area contributed by atoms with Crippen LogP contribution in [0.15, 0.2) is 29.8 Å². The normalized spacial score (nSPS) is 29.2. The molecule has 32 heavy (non-hydrogen) atoms. The van der Waals surface area contributed by atoms with Gasteiger partial charge in [0.1, 0.15) is 12.2 Å². The highest BCUT2D eigenvalue weighted by Crippen LogP contribution is 2.47. The number of aryl methyl sites for hydroxylation is 1. The molecule has 0 bridgehead atoms. The van der Waals surface area contributed by atoms with Gasteiger partial charge in [-0.25, -0.2) is 13.2 Å². The number of halogens is 1. The molecular formula is C22H27ClO8S. The van der Waals surface area contributed by atoms with Crippen molar-refractivity contribution in [2.45, 2.75) is 54.2 Å². The summed E-state index contributed by atoms with van der Waals surface area (Å²) in [5.41, 5.74) is 1.25. The Balaban J connectivity index is 1.67. The van der Waals surface area contributed by atoms with E-state index in [0.29, 0.717) is 23.4 Å². The van der Waals surface area contributed by atoms with Crippen molar-refractivity contribution in [2.24, 2.45) is 0 Å². The number of carbonyl (C=O) groups is 1. The first-order valence-corrected chi connectivity index (χ1v) is 12.5. The number of fused-ring (bicyclic) bond motifs is 1. The second kappa shape index (κ2) is 9.04. The Morgan fingerprint density at radius 3 is 2.41 bits per heavy atom. The molecule has 4 rings (SSSR count). The second-order valence-corrected chi connectivity index (χ2v) is 11.1. The number of methoxy groups -OCH3 is 2. The highest BCUT2D eigenvalue weighted by atomic mass is 35.5. The van der Waals surface area contributed by atoms with Gasteiger partial charge in [0, 0.05) is 25.7 Å². The zero-order chi connectivity index (χ0) is 23.1. The lowest BCUT2D eigenvalue weighted by atomic mass is 9.94. The number of hydrogen-bond donors (Lipinski definition) is 1. The lowest BCUT2D eigenvalue weighted by Crippen LogP contribution is -2.41. The Morgan fingerprint density at radius 2 is 1.81 bits per heavy atom. The van der Waals surface area contributed by atoms with E-state index in [9.17, 15) is 18.3 Å². The van der Waals surface area contributed by atoms with Gasteiger partial charge in [0.2, 0.25) is 0 Å². The van der Waals surface area contributed by atoms with Crippen LogP contribution in [0.2, 0.25) is 5.02 Å². The Morgan fingerprint density at radius 1 is 1.16 bits per heavy atom. The molecule has 8 nitrogen and oxygen atoms in total. The average Bonchev–Trinajstić information content (AvgIpc) is 3.32. The summed E-state index contributed by atoms with van der Waals surface area (Å²) in [6.45, 7) is 0.482. The van der Waals surface area contributed by atoms with Crippen molar-refractivity contribution in [3.63, 3.8) is 0 Å². The number of rotatable bonds is 7. The number of hydrogen-bond acceptors (Lipinski definition) is 7. The molecule has 4 atom stereocenters. The van der Waals surface area contributed by atoms with Crippen LogP contribution in [-0.2, 0) is 40.0 Å². The Hall–Kier alpha value is -1.49. The highest BCUT2D eigenvalue weighted by molar-refractivity contribution is 7.92. The van der Waals surface area contributed by atoms with Crippen LogP contribution in [0.1, 0.15) is 35.6 Å². The third-order valence-corrected chi connectivity index (χ3v) is 9.31. The predicted molar refractivity (Wildman–Crippen MR) is 116 cm³/mol. The summed E-state index contributed by atoms with van der Waals surface area (Å²) in [5, 5.41) is 8.32. The van der Waals surface area contributed by atoms with Crippen molar-refractivity contribution in [1.29, 1.82) is 0 Å². The zero-order valence-corrected chi connectivity index (χ0v) is 19.5. The monoisotopic (exact) mass is 486 g/mol. The van der Waals surface area contributed by atoms with Gasteiger partial charge in [-0.15, -0.1) is 0 Å². The van der Waals surface area contributed by atoms with Crippen LogP contribution in [0.4, 0.5) is 0 Å². The number of aliphatic carboxylic acids is 1. The van der Waals surface area contributed by atoms with Crippen LogP contribution in [0.5, 0.6) is 0 Å². The van der Waals surface area contributed by atoms with E-state index in [1.54, 1.807) is 12.1 Å². The van der Waals surface area contributed by atoms with Gasteiger partial charge in [-0.3, -0.25) is 0 Å². The molecule has 1 saturated heterocycles. The minimum absolute atomic E-state index is 0.0656. The fourth-order valence-electron chi connectivity index (χ4n) is 5.04. The third kappa shape index (κ3) is 4.10. The van der Waals surface area contributed by atoms with Gasteiger partial charge < -0.3 is 24.1 Å². The summed E-state index contributed by atoms with van der Waals surface area (Å²) >= 11 is 6.34. The van der Waals surface area contributed by atoms with Gasteiger partial charge in [0.05, 0.1) is 29.3 Å². The molecule has 1 aromatic rings. The van der Waals surface area contributed by atoms with Gasteiger partial charge >= 0.3 is 5.97 Å². The minimum Gasteiger partial charge on any atom is -0.478 e. The molecule has 1 aliphatic heterocycles. The molecule has 0 amide bonds. The van der Waals surface area contributed by atoms with Gasteiger partial charge in [-0.05, 0) is 42.5 Å². The number of benzene rings is 1. The average molecular weight is 487 g/mol. The SMILES string of the molecule is COC[C@H]1OC2(C=C(C(=O)O)[C@H](S(=O)(=O)[C@H]3CCc4cccc(Cl)c43)CC2)O[C@@H]1COC. The van der Waals surface area contributed by atoms with Gasteiger partial charge in [-0.1, -0.05) is 23.7 Å². The van der Waals surface area contributed by atoms with Crippen LogP contribution < -0.4 is 0 Å². The summed E-state index contributed by atoms with van der Waals surface area (Å²) in [6, 6.07) is 5.33. The second-order valence-electron chi connectivity index (χ2n) is 8.40. The van der Waals surface area contributed by atoms with Crippen LogP contribution in [-0.4, -0.2) is 70.2 Å². The fraction of sp³-hybridized carbons (Fsp3) is 0.591. The maximum absolute atomic E-state index is 13.7. The molecule has 2 aliphatic carbocycles. The molecule has 3 aliphatic rings. The Bertz CT molecular complexity index is 1010. The first-order chi connectivity index (χ1) is 15.2. The molecule has 0 aromatic heterocycles. The van der Waals surface area contributed by atoms with E-state index >= 15 is 0 Å². The van der Waals surface area contributed by atoms with E-state index in [4.69, 9.17) is 30.5 Å². The summed E-state index contributed by atoms with van der Waals surface area (Å²) in [6.07, 6.45) is 1.65. The number of sulfone groups is 1. The van der Waals surface area contributed by atoms with Crippen molar-refractivity contribution in [3.8, 4) is 0 Å². The zero-order valence-electron chi connectivity index (χ0n) is 18.0. The molecule has 176 valence electrons. The van der Waals surface area contributed by atoms with Gasteiger partial charge in [0.15, 0.2) is 15.6 Å². The fourth-order valence-corrected chi connectivity index (χ4v) is 7.85. The molecular weight excluding hydrogens is 460 g/mol. The smallest absolute Gasteiger partial charge is 0.332 e. The Kier molecular flexibility index (Phi) is 6.68. The van der Waals surface area contributed by atoms with Gasteiger partial charge in [-0.2, -0.15) is 0 Å². The van der Waals surface area contributed by atoms with Crippen LogP contribution in [0.25, 0.3) is 0 Å². The van der Waals surface area contributed by atoms with Crippen LogP contribution >= 0.6 is 11.6 Å². The molecule has 0 saturated carbocycles. The Labute approximate surface area is 192 Å². The van der Waals surface area contributed by atoms with E-state index in [0.717, 1.165) is 5.56 Å². The summed E-state index contributed by atoms with van der Waals surface area (Å²) in [5.74, 6) is -2.63. The molecule has 10 heteroatoms. The topological polar surface area (TPSA) is 108 Å². The maximum Gasteiger partial charge on any atom is 0.332 e. The molecule has 0 radical (unpaired) electrons. The molecule has 1 heterocycles. The molecule has 1 fully saturated rings. The van der Waals surface area contributed by atoms with Crippen LogP contribution in [0.3, 0.4) is 0 Å². The summed E-state index contributed by atoms with van der Waals surface area (Å²) in [4.78, 5) is 12.2. The van der Waals surface area contributed by atoms with E-state index < -0.39 is 44.3 Å². The molecule has 1 N–H and O–H groups in total. The van der Waals surface area contributed by atoms with Crippen molar-refractivity contribution in [1.82, 2.24) is 0 Å². The number of carboxylic acids is 1. The van der Waals surface area contributed by atoms with E-state index in [1.165, 1.54) is 20.3 Å². The van der Waals surface area contributed by atoms with E-state index in [2.05, 4.69) is 0 Å². The lowest BCUT2D eigenvalue weighted by molar-refractivity contribution is -0.154. The first-order valence-electron chi connectivity index (χ1n) is 10.5. The lowest BCUT2D eigenvalue weighted by Gasteiger charge is -2.34. The summed E-state index contributed by atoms with van der Waals surface area (Å²) < 4.78 is 49.8. The number of ether oxygens (including phenoxy) is 4. The van der Waals surface area contributed by atoms with E-state index in [-0.39, 0.29) is 31.6 Å². The molecule has 1 aromatic carbocycles. The minimum atomic E-state index is -3.88.